The minimum absolute atomic E-state index is 0.0381. The van der Waals surface area contributed by atoms with E-state index in [9.17, 15) is 13.6 Å². The first-order valence-electron chi connectivity index (χ1n) is 5.45. The van der Waals surface area contributed by atoms with Crippen LogP contribution in [-0.4, -0.2) is 12.6 Å². The summed E-state index contributed by atoms with van der Waals surface area (Å²) in [5.41, 5.74) is -1.47. The molecule has 0 fully saturated rings. The van der Waals surface area contributed by atoms with Crippen molar-refractivity contribution in [3.05, 3.63) is 35.4 Å². The van der Waals surface area contributed by atoms with Gasteiger partial charge in [0, 0.05) is 11.6 Å². The van der Waals surface area contributed by atoms with Gasteiger partial charge in [-0.3, -0.25) is 4.79 Å². The molecule has 1 aromatic carbocycles. The molecule has 5 heteroatoms. The van der Waals surface area contributed by atoms with Crippen LogP contribution in [0.15, 0.2) is 18.2 Å². The molecule has 0 N–H and O–H groups in total. The van der Waals surface area contributed by atoms with Gasteiger partial charge >= 0.3 is 5.97 Å². The van der Waals surface area contributed by atoms with Gasteiger partial charge in [0.15, 0.2) is 0 Å². The Balaban J connectivity index is 3.27. The number of carbonyl (C=O) groups excluding carboxylic acids is 1. The van der Waals surface area contributed by atoms with E-state index in [0.717, 1.165) is 6.07 Å². The highest BCUT2D eigenvalue weighted by atomic mass is 19.1. The van der Waals surface area contributed by atoms with Crippen LogP contribution in [0, 0.1) is 23.0 Å². The first-order chi connectivity index (χ1) is 8.45. The number of carbonyl (C=O) groups is 1. The Morgan fingerprint density at radius 1 is 1.50 bits per heavy atom. The van der Waals surface area contributed by atoms with E-state index < -0.39 is 23.0 Å². The van der Waals surface area contributed by atoms with Crippen molar-refractivity contribution in [3.8, 4) is 6.07 Å². The molecule has 0 saturated carbocycles. The summed E-state index contributed by atoms with van der Waals surface area (Å²) in [6, 6.07) is 4.73. The van der Waals surface area contributed by atoms with Gasteiger partial charge in [-0.25, -0.2) is 8.78 Å². The summed E-state index contributed by atoms with van der Waals surface area (Å²) >= 11 is 0. The van der Waals surface area contributed by atoms with E-state index >= 15 is 0 Å². The molecule has 18 heavy (non-hydrogen) atoms. The van der Waals surface area contributed by atoms with Gasteiger partial charge in [-0.1, -0.05) is 6.07 Å². The van der Waals surface area contributed by atoms with Crippen LogP contribution in [0.1, 0.15) is 25.8 Å². The highest BCUT2D eigenvalue weighted by molar-refractivity contribution is 5.83. The molecule has 0 amide bonds. The third kappa shape index (κ3) is 2.65. The predicted molar refractivity (Wildman–Crippen MR) is 60.6 cm³/mol. The monoisotopic (exact) mass is 253 g/mol. The van der Waals surface area contributed by atoms with Crippen molar-refractivity contribution in [2.75, 3.05) is 6.61 Å². The molecule has 3 nitrogen and oxygen atoms in total. The first-order valence-corrected chi connectivity index (χ1v) is 5.45. The van der Waals surface area contributed by atoms with E-state index in [-0.39, 0.29) is 18.6 Å². The maximum Gasteiger partial charge on any atom is 0.317 e. The standard InChI is InChI=1S/C13H13F2NO2/c1-3-18-12(17)13(2,6-7-16)10-5-4-9(14)8-11(10)15/h4-5,8H,3,6H2,1-2H3. The second-order valence-electron chi connectivity index (χ2n) is 4.01. The highest BCUT2D eigenvalue weighted by Gasteiger charge is 2.39. The van der Waals surface area contributed by atoms with Crippen molar-refractivity contribution in [3.63, 3.8) is 0 Å². The van der Waals surface area contributed by atoms with Crippen LogP contribution in [0.25, 0.3) is 0 Å². The van der Waals surface area contributed by atoms with E-state index in [0.29, 0.717) is 6.07 Å². The molecule has 0 heterocycles. The Hall–Kier alpha value is -1.96. The predicted octanol–water partition coefficient (Wildman–Crippen LogP) is 2.70. The summed E-state index contributed by atoms with van der Waals surface area (Å²) < 4.78 is 31.4. The van der Waals surface area contributed by atoms with E-state index in [1.807, 2.05) is 6.07 Å². The topological polar surface area (TPSA) is 50.1 Å². The molecule has 0 bridgehead atoms. The fraction of sp³-hybridized carbons (Fsp3) is 0.385. The molecule has 96 valence electrons. The summed E-state index contributed by atoms with van der Waals surface area (Å²) in [5.74, 6) is -2.29. The number of esters is 1. The Labute approximate surface area is 104 Å². The Morgan fingerprint density at radius 2 is 2.17 bits per heavy atom. The van der Waals surface area contributed by atoms with Gasteiger partial charge in [-0.15, -0.1) is 0 Å². The average Bonchev–Trinajstić information content (AvgIpc) is 2.29. The average molecular weight is 253 g/mol. The maximum atomic E-state index is 13.7. The fourth-order valence-corrected chi connectivity index (χ4v) is 1.66. The number of hydrogen-bond donors (Lipinski definition) is 0. The molecule has 1 aromatic rings. The van der Waals surface area contributed by atoms with E-state index in [1.165, 1.54) is 13.0 Å². The van der Waals surface area contributed by atoms with Crippen LogP contribution < -0.4 is 0 Å². The lowest BCUT2D eigenvalue weighted by atomic mass is 9.79. The lowest BCUT2D eigenvalue weighted by Crippen LogP contribution is -2.35. The maximum absolute atomic E-state index is 13.7. The quantitative estimate of drug-likeness (QED) is 0.775. The summed E-state index contributed by atoms with van der Waals surface area (Å²) in [6.07, 6.45) is -0.242. The molecule has 0 saturated heterocycles. The van der Waals surface area contributed by atoms with Gasteiger partial charge in [0.1, 0.15) is 17.0 Å². The highest BCUT2D eigenvalue weighted by Crippen LogP contribution is 2.31. The van der Waals surface area contributed by atoms with Crippen molar-refractivity contribution in [1.82, 2.24) is 0 Å². The first kappa shape index (κ1) is 14.1. The molecule has 0 aromatic heterocycles. The SMILES string of the molecule is CCOC(=O)C(C)(CC#N)c1ccc(F)cc1F. The van der Waals surface area contributed by atoms with Crippen LogP contribution in [0.4, 0.5) is 8.78 Å². The van der Waals surface area contributed by atoms with Crippen molar-refractivity contribution < 1.29 is 18.3 Å². The van der Waals surface area contributed by atoms with Gasteiger partial charge in [0.25, 0.3) is 0 Å². The lowest BCUT2D eigenvalue weighted by molar-refractivity contribution is -0.149. The number of halogens is 2. The third-order valence-electron chi connectivity index (χ3n) is 2.68. The number of nitrogens with zero attached hydrogens (tertiary/aromatic N) is 1. The van der Waals surface area contributed by atoms with E-state index in [2.05, 4.69) is 0 Å². The zero-order chi connectivity index (χ0) is 13.8. The zero-order valence-electron chi connectivity index (χ0n) is 10.2. The van der Waals surface area contributed by atoms with E-state index in [4.69, 9.17) is 10.00 Å². The number of benzene rings is 1. The zero-order valence-corrected chi connectivity index (χ0v) is 10.2. The number of ether oxygens (including phenoxy) is 1. The van der Waals surface area contributed by atoms with Gasteiger partial charge < -0.3 is 4.74 Å². The second kappa shape index (κ2) is 5.58. The molecule has 1 rings (SSSR count). The summed E-state index contributed by atoms with van der Waals surface area (Å²) in [4.78, 5) is 11.9. The Morgan fingerprint density at radius 3 is 2.67 bits per heavy atom. The minimum Gasteiger partial charge on any atom is -0.465 e. The molecular formula is C13H13F2NO2. The van der Waals surface area contributed by atoms with Gasteiger partial charge in [0.05, 0.1) is 19.1 Å². The summed E-state index contributed by atoms with van der Waals surface area (Å²) in [7, 11) is 0. The molecule has 1 atom stereocenters. The molecule has 1 unspecified atom stereocenters. The minimum atomic E-state index is -1.43. The van der Waals surface area contributed by atoms with Crippen molar-refractivity contribution in [2.24, 2.45) is 0 Å². The number of nitriles is 1. The molecular weight excluding hydrogens is 240 g/mol. The lowest BCUT2D eigenvalue weighted by Gasteiger charge is -2.25. The Bertz CT molecular complexity index is 496. The molecule has 0 aliphatic heterocycles. The molecule has 0 aliphatic carbocycles. The van der Waals surface area contributed by atoms with E-state index in [1.54, 1.807) is 6.92 Å². The second-order valence-corrected chi connectivity index (χ2v) is 4.01. The third-order valence-corrected chi connectivity index (χ3v) is 2.68. The molecule has 0 spiro atoms. The summed E-state index contributed by atoms with van der Waals surface area (Å²) in [6.45, 7) is 3.15. The van der Waals surface area contributed by atoms with Crippen molar-refractivity contribution in [1.29, 1.82) is 5.26 Å². The van der Waals surface area contributed by atoms with Crippen molar-refractivity contribution in [2.45, 2.75) is 25.7 Å². The molecule has 0 radical (unpaired) electrons. The largest absolute Gasteiger partial charge is 0.465 e. The van der Waals surface area contributed by atoms with Crippen LogP contribution in [-0.2, 0) is 14.9 Å². The van der Waals surface area contributed by atoms with Gasteiger partial charge in [-0.05, 0) is 19.9 Å². The van der Waals surface area contributed by atoms with Crippen molar-refractivity contribution >= 4 is 5.97 Å². The van der Waals surface area contributed by atoms with Crippen LogP contribution in [0.2, 0.25) is 0 Å². The number of hydrogen-bond acceptors (Lipinski definition) is 3. The summed E-state index contributed by atoms with van der Waals surface area (Å²) in [5, 5.41) is 8.77. The van der Waals surface area contributed by atoms with Gasteiger partial charge in [-0.2, -0.15) is 5.26 Å². The van der Waals surface area contributed by atoms with Crippen LogP contribution in [0.5, 0.6) is 0 Å². The number of rotatable bonds is 4. The van der Waals surface area contributed by atoms with Gasteiger partial charge in [0.2, 0.25) is 0 Å². The smallest absolute Gasteiger partial charge is 0.317 e. The van der Waals surface area contributed by atoms with Crippen LogP contribution in [0.3, 0.4) is 0 Å². The molecule has 0 aliphatic rings. The normalized spacial score (nSPS) is 13.5. The van der Waals surface area contributed by atoms with Crippen LogP contribution >= 0.6 is 0 Å². The Kier molecular flexibility index (Phi) is 4.38. The fourth-order valence-electron chi connectivity index (χ4n) is 1.66.